The van der Waals surface area contributed by atoms with Crippen LogP contribution < -0.4 is 64.2 Å². The van der Waals surface area contributed by atoms with Crippen molar-refractivity contribution >= 4 is 70.9 Å². The van der Waals surface area contributed by atoms with Crippen molar-refractivity contribution in [1.82, 2.24) is 58.5 Å². The number of benzene rings is 1. The summed E-state index contributed by atoms with van der Waals surface area (Å²) in [4.78, 5) is 166. The molecule has 1 heterocycles. The lowest BCUT2D eigenvalue weighted by Gasteiger charge is -2.30. The molecule has 16 atom stereocenters. The number of nitrogens with two attached hydrogens (primary N) is 1. The van der Waals surface area contributed by atoms with E-state index in [0.717, 1.165) is 5.56 Å². The van der Waals surface area contributed by atoms with Crippen LogP contribution in [0.2, 0.25) is 0 Å². The lowest BCUT2D eigenvalue weighted by atomic mass is 9.96. The van der Waals surface area contributed by atoms with Gasteiger partial charge in [-0.15, -0.1) is 0 Å². The second-order valence-electron chi connectivity index (χ2n) is 24.0. The number of likely N-dealkylation sites (N-methyl/N-ethyl adjacent to an activating group) is 1. The summed E-state index contributed by atoms with van der Waals surface area (Å²) in [6.07, 6.45) is -7.71. The molecule has 1 aromatic carbocycles. The minimum Gasteiger partial charge on any atom is -0.458 e. The van der Waals surface area contributed by atoms with E-state index in [2.05, 4.69) is 58.5 Å². The van der Waals surface area contributed by atoms with Crippen LogP contribution in [0.4, 0.5) is 17.6 Å². The third-order valence-corrected chi connectivity index (χ3v) is 17.0. The molecule has 0 bridgehead atoms. The number of amides is 11. The number of ether oxygens (including phenoxy) is 1. The van der Waals surface area contributed by atoms with E-state index in [4.69, 9.17) is 10.5 Å². The SMILES string of the molecule is CC[C@H](C)[C@H](NC(=O)[C@@H](Cc1ccccc1)NC)C(=O)N[C@@H](CO)C(=O)N[C@H](CCC(N)=O)C(=O)N[C@@H](C(=O)N[C@@H](CCCCCCC(F)F)C(=O)N[C@@H](CO)C(=O)N[C@H]1C(=O)N[C@@H](C)C(=O)N[C@@]2(C[C@H]2CC(F)F)C(=O)N[C@@H]([C@@H](C)CC)C(=O)O[C@H]1C)[C@@H](C)CC. The van der Waals surface area contributed by atoms with E-state index in [0.29, 0.717) is 6.42 Å². The standard InChI is InChI=1S/C61H96F4N12O15/c1-10-31(4)46(73-52(83)39(24-25-45(66)80)69-54(85)41(29-78)72-57(88)47(32(5)11-2)74-53(84)40(67-9)26-36-20-16-15-17-21-36)56(87)70-38(22-18-13-14-19-23-43(62)63)51(82)71-42(30-79)55(86)75-49-35(8)92-59(90)48(33(6)12-3)76-60(91)61(28-37(61)27-44(64)65)77-50(81)34(7)68-58(49)89/h15-17,20-21,31-35,37-44,46-49,67,78-79H,10-14,18-19,22-30H2,1-9H3,(H2,66,80)(H,68,89)(H,69,85)(H,70,87)(H,71,82)(H,72,88)(H,73,83)(H,74,84)(H,75,86)(H,76,91)(H,77,81)/t31-,32-,33-,34-,35-,37+,38-,39+,40+,41-,42-,46+,47-,48-,49+,61+/m0/s1. The molecule has 0 unspecified atom stereocenters. The smallest absolute Gasteiger partial charge is 0.329 e. The van der Waals surface area contributed by atoms with E-state index < -0.39 is 218 Å². The summed E-state index contributed by atoms with van der Waals surface area (Å²) in [6, 6.07) is -6.19. The quantitative estimate of drug-likeness (QED) is 0.0230. The number of nitrogens with one attached hydrogen (secondary N) is 11. The molecule has 2 fully saturated rings. The second-order valence-corrected chi connectivity index (χ2v) is 24.0. The summed E-state index contributed by atoms with van der Waals surface area (Å²) in [5, 5.41) is 48.6. The van der Waals surface area contributed by atoms with Gasteiger partial charge in [0.2, 0.25) is 77.8 Å². The zero-order valence-electron chi connectivity index (χ0n) is 53.8. The molecule has 1 aromatic rings. The van der Waals surface area contributed by atoms with Crippen LogP contribution >= 0.6 is 0 Å². The van der Waals surface area contributed by atoms with E-state index in [1.807, 2.05) is 30.3 Å². The molecule has 2 aliphatic rings. The van der Waals surface area contributed by atoms with Gasteiger partial charge in [0.1, 0.15) is 66.0 Å². The Balaban J connectivity index is 1.91. The van der Waals surface area contributed by atoms with Crippen LogP contribution in [0.15, 0.2) is 30.3 Å². The fourth-order valence-corrected chi connectivity index (χ4v) is 10.3. The van der Waals surface area contributed by atoms with Crippen molar-refractivity contribution in [2.24, 2.45) is 29.4 Å². The van der Waals surface area contributed by atoms with E-state index in [9.17, 15) is 85.3 Å². The number of primary amides is 1. The van der Waals surface area contributed by atoms with E-state index in [-0.39, 0.29) is 57.8 Å². The summed E-state index contributed by atoms with van der Waals surface area (Å²) in [5.74, 6) is -14.9. The van der Waals surface area contributed by atoms with Crippen molar-refractivity contribution < 1.29 is 90.0 Å². The molecule has 1 saturated carbocycles. The summed E-state index contributed by atoms with van der Waals surface area (Å²) < 4.78 is 58.8. The average Bonchev–Trinajstić information content (AvgIpc) is 1.58. The molecule has 27 nitrogen and oxygen atoms in total. The van der Waals surface area contributed by atoms with Crippen LogP contribution in [0.5, 0.6) is 0 Å². The van der Waals surface area contributed by atoms with Gasteiger partial charge in [-0.1, -0.05) is 110 Å². The first-order chi connectivity index (χ1) is 43.4. The first kappa shape index (κ1) is 78.7. The van der Waals surface area contributed by atoms with Gasteiger partial charge in [0, 0.05) is 19.3 Å². The number of hydrogen-bond acceptors (Lipinski definition) is 16. The number of unbranched alkanes of at least 4 members (excludes halogenated alkanes) is 3. The Hall–Kier alpha value is -7.54. The highest BCUT2D eigenvalue weighted by molar-refractivity contribution is 6.01. The molecule has 31 heteroatoms. The number of hydrogen-bond donors (Lipinski definition) is 14. The normalized spacial score (nSPS) is 22.6. The molecule has 518 valence electrons. The van der Waals surface area contributed by atoms with Gasteiger partial charge in [0.05, 0.1) is 19.3 Å². The van der Waals surface area contributed by atoms with Gasteiger partial charge >= 0.3 is 5.97 Å². The third kappa shape index (κ3) is 24.2. The number of carbonyl (C=O) groups is 12. The Bertz CT molecular complexity index is 2670. The lowest BCUT2D eigenvalue weighted by molar-refractivity contribution is -0.157. The van der Waals surface area contributed by atoms with Crippen molar-refractivity contribution in [1.29, 1.82) is 0 Å². The van der Waals surface area contributed by atoms with Gasteiger partial charge in [-0.2, -0.15) is 0 Å². The number of rotatable bonds is 37. The minimum atomic E-state index is -2.85. The molecule has 1 saturated heterocycles. The second kappa shape index (κ2) is 38.5. The fourth-order valence-electron chi connectivity index (χ4n) is 10.3. The van der Waals surface area contributed by atoms with Crippen molar-refractivity contribution in [3.63, 3.8) is 0 Å². The molecule has 1 spiro atoms. The number of alkyl halides is 4. The van der Waals surface area contributed by atoms with Crippen LogP contribution in [-0.2, 0) is 68.7 Å². The predicted octanol–water partition coefficient (Wildman–Crippen LogP) is -0.330. The molecule has 92 heavy (non-hydrogen) atoms. The predicted molar refractivity (Wildman–Crippen MR) is 326 cm³/mol. The van der Waals surface area contributed by atoms with Crippen molar-refractivity contribution in [2.45, 2.75) is 230 Å². The lowest BCUT2D eigenvalue weighted by Crippen LogP contribution is -2.63. The van der Waals surface area contributed by atoms with Crippen LogP contribution in [0, 0.1) is 23.7 Å². The van der Waals surface area contributed by atoms with Gasteiger partial charge in [0.15, 0.2) is 0 Å². The van der Waals surface area contributed by atoms with Crippen molar-refractivity contribution in [2.75, 3.05) is 20.3 Å². The van der Waals surface area contributed by atoms with Gasteiger partial charge in [-0.25, -0.2) is 22.4 Å². The summed E-state index contributed by atoms with van der Waals surface area (Å²) in [6.45, 7) is 10.1. The summed E-state index contributed by atoms with van der Waals surface area (Å²) >= 11 is 0. The van der Waals surface area contributed by atoms with Gasteiger partial charge in [-0.3, -0.25) is 52.7 Å². The molecule has 0 radical (unpaired) electrons. The van der Waals surface area contributed by atoms with Gasteiger partial charge in [0.25, 0.3) is 0 Å². The molecule has 0 aromatic heterocycles. The topological polar surface area (TPSA) is 413 Å². The van der Waals surface area contributed by atoms with Crippen molar-refractivity contribution in [3.8, 4) is 0 Å². The van der Waals surface area contributed by atoms with Crippen LogP contribution in [0.3, 0.4) is 0 Å². The Labute approximate surface area is 533 Å². The van der Waals surface area contributed by atoms with Crippen molar-refractivity contribution in [3.05, 3.63) is 35.9 Å². The molecular formula is C61H96F4N12O15. The number of cyclic esters (lactones) is 1. The maximum Gasteiger partial charge on any atom is 0.329 e. The molecule has 11 amide bonds. The fraction of sp³-hybridized carbons (Fsp3) is 0.705. The van der Waals surface area contributed by atoms with Crippen LogP contribution in [-0.4, -0.2) is 186 Å². The molecule has 3 rings (SSSR count). The van der Waals surface area contributed by atoms with Crippen LogP contribution in [0.1, 0.15) is 144 Å². The molecule has 15 N–H and O–H groups in total. The first-order valence-corrected chi connectivity index (χ1v) is 31.5. The highest BCUT2D eigenvalue weighted by Gasteiger charge is 2.62. The Morgan fingerprint density at radius 1 is 0.630 bits per heavy atom. The number of aliphatic hydroxyl groups excluding tert-OH is 2. The zero-order valence-corrected chi connectivity index (χ0v) is 53.8. The van der Waals surface area contributed by atoms with E-state index in [1.165, 1.54) is 13.8 Å². The minimum absolute atomic E-state index is 0.111. The number of aliphatic hydroxyl groups is 2. The van der Waals surface area contributed by atoms with E-state index >= 15 is 0 Å². The molecule has 1 aliphatic carbocycles. The number of halogens is 4. The first-order valence-electron chi connectivity index (χ1n) is 31.5. The van der Waals surface area contributed by atoms with Gasteiger partial charge in [-0.05, 0) is 82.2 Å². The molecule has 1 aliphatic heterocycles. The maximum atomic E-state index is 14.5. The Morgan fingerprint density at radius 3 is 1.65 bits per heavy atom. The van der Waals surface area contributed by atoms with E-state index in [1.54, 1.807) is 48.6 Å². The average molecular weight is 1310 g/mol. The van der Waals surface area contributed by atoms with Crippen LogP contribution in [0.25, 0.3) is 0 Å². The maximum absolute atomic E-state index is 14.5. The number of esters is 1. The highest BCUT2D eigenvalue weighted by atomic mass is 19.3. The Kier molecular flexibility index (Phi) is 32.9. The number of carbonyl (C=O) groups excluding carboxylic acids is 12. The largest absolute Gasteiger partial charge is 0.458 e. The highest BCUT2D eigenvalue weighted by Crippen LogP contribution is 2.48. The summed E-state index contributed by atoms with van der Waals surface area (Å²) in [7, 11) is 1.58. The summed E-state index contributed by atoms with van der Waals surface area (Å²) in [5.41, 5.74) is 4.42. The van der Waals surface area contributed by atoms with Gasteiger partial charge < -0.3 is 79.2 Å². The monoisotopic (exact) mass is 1310 g/mol. The molecular weight excluding hydrogens is 1220 g/mol. The Morgan fingerprint density at radius 2 is 1.13 bits per heavy atom. The zero-order chi connectivity index (χ0) is 69.2. The third-order valence-electron chi connectivity index (χ3n) is 17.0.